The maximum Gasteiger partial charge on any atom is 0.187 e. The van der Waals surface area contributed by atoms with Gasteiger partial charge in [-0.25, -0.2) is 0 Å². The van der Waals surface area contributed by atoms with E-state index in [0.717, 1.165) is 46.2 Å². The number of benzene rings is 6. The molecule has 368 valence electrons. The van der Waals surface area contributed by atoms with Gasteiger partial charge in [-0.15, -0.1) is 6.58 Å². The first-order valence-electron chi connectivity index (χ1n) is 24.3. The molecule has 8 rings (SSSR count). The highest BCUT2D eigenvalue weighted by Gasteiger charge is 2.54. The van der Waals surface area contributed by atoms with Gasteiger partial charge in [-0.05, 0) is 46.2 Å². The molecular formula is C59H66O11. The molecule has 0 aliphatic carbocycles. The van der Waals surface area contributed by atoms with Crippen LogP contribution in [0.3, 0.4) is 0 Å². The predicted molar refractivity (Wildman–Crippen MR) is 266 cm³/mol. The molecule has 70 heavy (non-hydrogen) atoms. The van der Waals surface area contributed by atoms with E-state index in [1.165, 1.54) is 0 Å². The molecule has 0 bridgehead atoms. The van der Waals surface area contributed by atoms with Crippen molar-refractivity contribution >= 4 is 0 Å². The lowest BCUT2D eigenvalue weighted by molar-refractivity contribution is -0.375. The van der Waals surface area contributed by atoms with Crippen molar-refractivity contribution in [2.75, 3.05) is 19.8 Å². The Bertz CT molecular complexity index is 2330. The summed E-state index contributed by atoms with van der Waals surface area (Å²) in [6.07, 6.45) is -5.88. The number of ether oxygens (including phenoxy) is 10. The van der Waals surface area contributed by atoms with Gasteiger partial charge in [-0.1, -0.05) is 188 Å². The fraction of sp³-hybridized carbons (Fsp3) is 0.356. The summed E-state index contributed by atoms with van der Waals surface area (Å²) in [7, 11) is 0. The lowest BCUT2D eigenvalue weighted by atomic mass is 9.96. The highest BCUT2D eigenvalue weighted by molar-refractivity contribution is 5.18. The van der Waals surface area contributed by atoms with E-state index >= 15 is 0 Å². The number of aliphatic hydroxyl groups is 1. The third kappa shape index (κ3) is 15.3. The normalized spacial score (nSPS) is 24.5. The molecule has 0 aromatic heterocycles. The van der Waals surface area contributed by atoms with Crippen LogP contribution >= 0.6 is 0 Å². The topological polar surface area (TPSA) is 113 Å². The molecule has 2 saturated heterocycles. The smallest absolute Gasteiger partial charge is 0.187 e. The maximum atomic E-state index is 12.3. The molecule has 0 radical (unpaired) electrons. The highest BCUT2D eigenvalue weighted by Crippen LogP contribution is 2.36. The van der Waals surface area contributed by atoms with Crippen molar-refractivity contribution in [3.63, 3.8) is 0 Å². The summed E-state index contributed by atoms with van der Waals surface area (Å²) in [5.41, 5.74) is 5.77. The first kappa shape index (κ1) is 51.0. The van der Waals surface area contributed by atoms with Crippen LogP contribution in [0.25, 0.3) is 0 Å². The van der Waals surface area contributed by atoms with Gasteiger partial charge in [-0.3, -0.25) is 0 Å². The summed E-state index contributed by atoms with van der Waals surface area (Å²) in [4.78, 5) is 0. The van der Waals surface area contributed by atoms with E-state index in [9.17, 15) is 5.11 Å². The second-order valence-electron chi connectivity index (χ2n) is 17.5. The summed E-state index contributed by atoms with van der Waals surface area (Å²) in [6.45, 7) is 5.94. The van der Waals surface area contributed by atoms with Crippen molar-refractivity contribution in [2.45, 2.75) is 114 Å². The number of hydrogen-bond donors (Lipinski definition) is 1. The van der Waals surface area contributed by atoms with Gasteiger partial charge in [0, 0.05) is 0 Å². The van der Waals surface area contributed by atoms with Crippen LogP contribution in [0.2, 0.25) is 0 Å². The predicted octanol–water partition coefficient (Wildman–Crippen LogP) is 9.94. The van der Waals surface area contributed by atoms with Crippen LogP contribution in [0, 0.1) is 0 Å². The van der Waals surface area contributed by atoms with Crippen LogP contribution in [0.15, 0.2) is 195 Å². The zero-order chi connectivity index (χ0) is 48.0. The largest absolute Gasteiger partial charge is 0.387 e. The zero-order valence-electron chi connectivity index (χ0n) is 39.7. The van der Waals surface area contributed by atoms with E-state index in [2.05, 4.69) is 6.58 Å². The SMILES string of the molecule is C=CCCCO[C@@H]1O[C@H](COCc2ccccc2)[C@@H](O[C@@H]2O[C@H](COCc3ccccc3)[C@H](O)[C@H](OCc3ccccc3)[C@H]2OCc2ccccc2)[C@H](OCc2ccccc2)[C@H]1OCc1ccccc1. The summed E-state index contributed by atoms with van der Waals surface area (Å²) >= 11 is 0. The second-order valence-corrected chi connectivity index (χ2v) is 17.5. The highest BCUT2D eigenvalue weighted by atomic mass is 16.8. The van der Waals surface area contributed by atoms with Crippen LogP contribution in [-0.2, 0) is 87.0 Å². The van der Waals surface area contributed by atoms with Gasteiger partial charge in [0.25, 0.3) is 0 Å². The molecule has 2 aliphatic heterocycles. The van der Waals surface area contributed by atoms with Gasteiger partial charge in [0.2, 0.25) is 0 Å². The molecule has 2 aliphatic rings. The molecule has 0 unspecified atom stereocenters. The Morgan fingerprint density at radius 2 is 0.757 bits per heavy atom. The average Bonchev–Trinajstić information content (AvgIpc) is 3.41. The van der Waals surface area contributed by atoms with E-state index in [-0.39, 0.29) is 39.6 Å². The molecule has 6 aromatic rings. The minimum atomic E-state index is -1.17. The quantitative estimate of drug-likeness (QED) is 0.0394. The minimum Gasteiger partial charge on any atom is -0.387 e. The van der Waals surface area contributed by atoms with Crippen LogP contribution in [0.5, 0.6) is 0 Å². The Morgan fingerprint density at radius 1 is 0.400 bits per heavy atom. The summed E-state index contributed by atoms with van der Waals surface area (Å²) in [5.74, 6) is 0. The first-order chi connectivity index (χ1) is 34.6. The molecule has 0 saturated carbocycles. The summed E-state index contributed by atoms with van der Waals surface area (Å²) in [5, 5.41) is 12.3. The van der Waals surface area contributed by atoms with E-state index in [0.29, 0.717) is 19.8 Å². The molecule has 10 atom stereocenters. The molecule has 11 heteroatoms. The Hall–Kier alpha value is -5.38. The van der Waals surface area contributed by atoms with E-state index in [1.807, 2.05) is 188 Å². The second kappa shape index (κ2) is 27.9. The molecule has 2 fully saturated rings. The third-order valence-electron chi connectivity index (χ3n) is 12.3. The lowest BCUT2D eigenvalue weighted by Crippen LogP contribution is -2.66. The molecule has 11 nitrogen and oxygen atoms in total. The lowest BCUT2D eigenvalue weighted by Gasteiger charge is -2.49. The van der Waals surface area contributed by atoms with Crippen LogP contribution in [0.4, 0.5) is 0 Å². The number of allylic oxidation sites excluding steroid dienone is 1. The molecule has 0 amide bonds. The molecule has 1 N–H and O–H groups in total. The van der Waals surface area contributed by atoms with Crippen molar-refractivity contribution < 1.29 is 52.5 Å². The molecule has 2 heterocycles. The molecule has 6 aromatic carbocycles. The third-order valence-corrected chi connectivity index (χ3v) is 12.3. The van der Waals surface area contributed by atoms with Gasteiger partial charge in [0.05, 0.1) is 59.5 Å². The Balaban J connectivity index is 1.17. The van der Waals surface area contributed by atoms with Gasteiger partial charge >= 0.3 is 0 Å². The van der Waals surface area contributed by atoms with Gasteiger partial charge in [0.15, 0.2) is 12.6 Å². The van der Waals surface area contributed by atoms with Crippen LogP contribution in [-0.4, -0.2) is 86.3 Å². The van der Waals surface area contributed by atoms with E-state index < -0.39 is 61.4 Å². The van der Waals surface area contributed by atoms with Crippen molar-refractivity contribution in [1.82, 2.24) is 0 Å². The fourth-order valence-corrected chi connectivity index (χ4v) is 8.57. The van der Waals surface area contributed by atoms with Gasteiger partial charge in [0.1, 0.15) is 48.8 Å². The Morgan fingerprint density at radius 3 is 1.19 bits per heavy atom. The summed E-state index contributed by atoms with van der Waals surface area (Å²) < 4.78 is 68.1. The van der Waals surface area contributed by atoms with Crippen molar-refractivity contribution in [3.05, 3.63) is 228 Å². The van der Waals surface area contributed by atoms with Crippen molar-refractivity contribution in [1.29, 1.82) is 0 Å². The number of hydrogen-bond acceptors (Lipinski definition) is 11. The number of unbranched alkanes of at least 4 members (excludes halogenated alkanes) is 1. The minimum absolute atomic E-state index is 0.0364. The molecular weight excluding hydrogens is 885 g/mol. The fourth-order valence-electron chi connectivity index (χ4n) is 8.57. The zero-order valence-corrected chi connectivity index (χ0v) is 39.7. The average molecular weight is 951 g/mol. The van der Waals surface area contributed by atoms with Crippen molar-refractivity contribution in [2.24, 2.45) is 0 Å². The standard InChI is InChI=1S/C59H66O11/c1-2-3-22-35-63-58-57(67-41-49-33-20-9-21-34-49)55(65-39-47-29-16-7-17-30-47)53(51(69-58)43-62-37-45-25-12-5-13-26-45)70-59-56(66-40-48-31-18-8-19-32-48)54(64-38-46-27-14-6-15-28-46)52(60)50(68-59)42-61-36-44-23-10-4-11-24-44/h2,4-21,23-34,50-60H,1,3,22,35-43H2/t50-,51-,52+,53-,54+,55+,56-,57-,58-,59+/m1/s1. The Labute approximate surface area is 412 Å². The van der Waals surface area contributed by atoms with E-state index in [4.69, 9.17) is 47.4 Å². The molecule has 0 spiro atoms. The first-order valence-corrected chi connectivity index (χ1v) is 24.3. The van der Waals surface area contributed by atoms with Crippen LogP contribution in [0.1, 0.15) is 46.2 Å². The van der Waals surface area contributed by atoms with E-state index in [1.54, 1.807) is 0 Å². The van der Waals surface area contributed by atoms with Crippen molar-refractivity contribution in [3.8, 4) is 0 Å². The maximum absolute atomic E-state index is 12.3. The van der Waals surface area contributed by atoms with Gasteiger partial charge in [-0.2, -0.15) is 0 Å². The number of aliphatic hydroxyl groups excluding tert-OH is 1. The number of rotatable bonds is 27. The monoisotopic (exact) mass is 950 g/mol. The van der Waals surface area contributed by atoms with Gasteiger partial charge < -0.3 is 52.5 Å². The summed E-state index contributed by atoms with van der Waals surface area (Å²) in [6, 6.07) is 59.5. The van der Waals surface area contributed by atoms with Crippen LogP contribution < -0.4 is 0 Å². The Kier molecular flexibility index (Phi) is 20.3.